The van der Waals surface area contributed by atoms with Gasteiger partial charge in [0.1, 0.15) is 5.75 Å². The molecular formula is C24H32N2O2. The summed E-state index contributed by atoms with van der Waals surface area (Å²) < 4.78 is 5.23. The predicted molar refractivity (Wildman–Crippen MR) is 113 cm³/mol. The molecule has 3 rings (SSSR count). The maximum atomic E-state index is 12.7. The van der Waals surface area contributed by atoms with Gasteiger partial charge in [0, 0.05) is 7.05 Å². The number of hydrogen-bond acceptors (Lipinski definition) is 3. The van der Waals surface area contributed by atoms with Gasteiger partial charge in [-0.25, -0.2) is 0 Å². The van der Waals surface area contributed by atoms with Crippen molar-refractivity contribution < 1.29 is 9.53 Å². The van der Waals surface area contributed by atoms with Crippen molar-refractivity contribution in [2.24, 2.45) is 5.92 Å². The molecule has 1 fully saturated rings. The lowest BCUT2D eigenvalue weighted by atomic mass is 9.90. The molecule has 2 aromatic rings. The lowest BCUT2D eigenvalue weighted by molar-refractivity contribution is -0.133. The quantitative estimate of drug-likeness (QED) is 0.723. The van der Waals surface area contributed by atoms with Crippen LogP contribution in [0.2, 0.25) is 0 Å². The third kappa shape index (κ3) is 5.35. The summed E-state index contributed by atoms with van der Waals surface area (Å²) in [5.41, 5.74) is 2.54. The molecule has 0 bridgehead atoms. The fourth-order valence-corrected chi connectivity index (χ4v) is 3.92. The van der Waals surface area contributed by atoms with E-state index in [9.17, 15) is 4.79 Å². The second kappa shape index (κ2) is 9.74. The van der Waals surface area contributed by atoms with E-state index in [1.165, 1.54) is 11.1 Å². The number of piperidine rings is 1. The number of benzene rings is 2. The highest BCUT2D eigenvalue weighted by Crippen LogP contribution is 2.24. The average Bonchev–Trinajstić information content (AvgIpc) is 2.75. The Morgan fingerprint density at radius 1 is 1.11 bits per heavy atom. The van der Waals surface area contributed by atoms with Crippen LogP contribution in [-0.2, 0) is 11.2 Å². The Morgan fingerprint density at radius 2 is 1.75 bits per heavy atom. The van der Waals surface area contributed by atoms with E-state index in [2.05, 4.69) is 36.1 Å². The molecule has 28 heavy (non-hydrogen) atoms. The molecule has 1 atom stereocenters. The standard InChI is InChI=1S/C24H32N2O2/c1-19(22-7-5-4-6-8-22)25(2)24(27)18-26-15-13-21(14-16-26)17-20-9-11-23(28-3)12-10-20/h4-12,19,21H,13-18H2,1-3H3. The highest BCUT2D eigenvalue weighted by molar-refractivity contribution is 5.78. The van der Waals surface area contributed by atoms with Gasteiger partial charge in [0.15, 0.2) is 0 Å². The lowest BCUT2D eigenvalue weighted by Crippen LogP contribution is -2.43. The van der Waals surface area contributed by atoms with Gasteiger partial charge < -0.3 is 9.64 Å². The average molecular weight is 381 g/mol. The minimum absolute atomic E-state index is 0.0984. The summed E-state index contributed by atoms with van der Waals surface area (Å²) in [6, 6.07) is 18.7. The molecule has 0 radical (unpaired) electrons. The number of carbonyl (C=O) groups is 1. The monoisotopic (exact) mass is 380 g/mol. The number of methoxy groups -OCH3 is 1. The van der Waals surface area contributed by atoms with Crippen molar-refractivity contribution in [2.75, 3.05) is 33.8 Å². The molecule has 4 nitrogen and oxygen atoms in total. The number of rotatable bonds is 7. The van der Waals surface area contributed by atoms with Crippen LogP contribution in [-0.4, -0.2) is 49.5 Å². The van der Waals surface area contributed by atoms with Gasteiger partial charge >= 0.3 is 0 Å². The molecule has 4 heteroatoms. The Labute approximate surface area is 169 Å². The highest BCUT2D eigenvalue weighted by Gasteiger charge is 2.24. The summed E-state index contributed by atoms with van der Waals surface area (Å²) in [5, 5.41) is 0. The zero-order valence-corrected chi connectivity index (χ0v) is 17.3. The number of amides is 1. The van der Waals surface area contributed by atoms with E-state index in [-0.39, 0.29) is 11.9 Å². The first-order valence-corrected chi connectivity index (χ1v) is 10.2. The summed E-state index contributed by atoms with van der Waals surface area (Å²) in [4.78, 5) is 16.9. The molecule has 1 heterocycles. The Balaban J connectivity index is 1.45. The van der Waals surface area contributed by atoms with Crippen molar-refractivity contribution in [3.8, 4) is 5.75 Å². The molecule has 1 saturated heterocycles. The molecular weight excluding hydrogens is 348 g/mol. The van der Waals surface area contributed by atoms with Crippen molar-refractivity contribution in [1.29, 1.82) is 0 Å². The van der Waals surface area contributed by atoms with Gasteiger partial charge in [0.05, 0.1) is 19.7 Å². The molecule has 1 aliphatic rings. The molecule has 0 aliphatic carbocycles. The molecule has 0 aromatic heterocycles. The smallest absolute Gasteiger partial charge is 0.236 e. The zero-order valence-electron chi connectivity index (χ0n) is 17.3. The Bertz CT molecular complexity index is 737. The number of nitrogens with zero attached hydrogens (tertiary/aromatic N) is 2. The van der Waals surface area contributed by atoms with Crippen LogP contribution in [0.15, 0.2) is 54.6 Å². The van der Waals surface area contributed by atoms with Crippen molar-refractivity contribution in [3.05, 3.63) is 65.7 Å². The van der Waals surface area contributed by atoms with Crippen LogP contribution in [0.3, 0.4) is 0 Å². The third-order valence-corrected chi connectivity index (χ3v) is 6.01. The molecule has 2 aromatic carbocycles. The molecule has 0 N–H and O–H groups in total. The first-order valence-electron chi connectivity index (χ1n) is 10.2. The molecule has 1 amide bonds. The Hall–Kier alpha value is -2.33. The molecule has 0 saturated carbocycles. The van der Waals surface area contributed by atoms with Crippen molar-refractivity contribution >= 4 is 5.91 Å². The van der Waals surface area contributed by atoms with Gasteiger partial charge in [-0.15, -0.1) is 0 Å². The second-order valence-corrected chi connectivity index (χ2v) is 7.86. The van der Waals surface area contributed by atoms with Crippen LogP contribution in [0.5, 0.6) is 5.75 Å². The van der Waals surface area contributed by atoms with Crippen molar-refractivity contribution in [1.82, 2.24) is 9.80 Å². The summed E-state index contributed by atoms with van der Waals surface area (Å²) in [6.45, 7) is 4.61. The summed E-state index contributed by atoms with van der Waals surface area (Å²) in [6.07, 6.45) is 3.41. The van der Waals surface area contributed by atoms with Crippen LogP contribution in [0.25, 0.3) is 0 Å². The fraction of sp³-hybridized carbons (Fsp3) is 0.458. The molecule has 1 unspecified atom stereocenters. The zero-order chi connectivity index (χ0) is 19.9. The summed E-state index contributed by atoms with van der Waals surface area (Å²) in [7, 11) is 3.61. The number of likely N-dealkylation sites (tertiary alicyclic amines) is 1. The molecule has 150 valence electrons. The molecule has 1 aliphatic heterocycles. The largest absolute Gasteiger partial charge is 0.497 e. The Kier molecular flexibility index (Phi) is 7.10. The summed E-state index contributed by atoms with van der Waals surface area (Å²) >= 11 is 0. The van der Waals surface area contributed by atoms with Gasteiger partial charge in [0.25, 0.3) is 0 Å². The minimum Gasteiger partial charge on any atom is -0.497 e. The highest BCUT2D eigenvalue weighted by atomic mass is 16.5. The van der Waals surface area contributed by atoms with E-state index >= 15 is 0 Å². The Morgan fingerprint density at radius 3 is 2.36 bits per heavy atom. The minimum atomic E-state index is 0.0984. The predicted octanol–water partition coefficient (Wildman–Crippen LogP) is 4.17. The van der Waals surface area contributed by atoms with E-state index in [0.29, 0.717) is 12.5 Å². The third-order valence-electron chi connectivity index (χ3n) is 6.01. The van der Waals surface area contributed by atoms with Gasteiger partial charge in [-0.2, -0.15) is 0 Å². The van der Waals surface area contributed by atoms with E-state index in [4.69, 9.17) is 4.74 Å². The normalized spacial score (nSPS) is 16.5. The second-order valence-electron chi connectivity index (χ2n) is 7.86. The van der Waals surface area contributed by atoms with Gasteiger partial charge in [-0.1, -0.05) is 42.5 Å². The van der Waals surface area contributed by atoms with Gasteiger partial charge in [0.2, 0.25) is 5.91 Å². The first-order chi connectivity index (χ1) is 13.6. The maximum absolute atomic E-state index is 12.7. The van der Waals surface area contributed by atoms with Crippen molar-refractivity contribution in [2.45, 2.75) is 32.2 Å². The topological polar surface area (TPSA) is 32.8 Å². The SMILES string of the molecule is COc1ccc(CC2CCN(CC(=O)N(C)C(C)c3ccccc3)CC2)cc1. The lowest BCUT2D eigenvalue weighted by Gasteiger charge is -2.34. The van der Waals surface area contributed by atoms with Crippen molar-refractivity contribution in [3.63, 3.8) is 0 Å². The maximum Gasteiger partial charge on any atom is 0.236 e. The van der Waals surface area contributed by atoms with Crippen LogP contribution in [0.1, 0.15) is 36.9 Å². The number of likely N-dealkylation sites (N-methyl/N-ethyl adjacent to an activating group) is 1. The number of hydrogen-bond donors (Lipinski definition) is 0. The van der Waals surface area contributed by atoms with Crippen LogP contribution >= 0.6 is 0 Å². The molecule has 0 spiro atoms. The van der Waals surface area contributed by atoms with E-state index in [1.807, 2.05) is 42.3 Å². The summed E-state index contributed by atoms with van der Waals surface area (Å²) in [5.74, 6) is 1.80. The number of carbonyl (C=O) groups excluding carboxylic acids is 1. The fourth-order valence-electron chi connectivity index (χ4n) is 3.92. The number of ether oxygens (including phenoxy) is 1. The van der Waals surface area contributed by atoms with E-state index in [0.717, 1.165) is 38.1 Å². The van der Waals surface area contributed by atoms with Gasteiger partial charge in [-0.05, 0) is 68.5 Å². The van der Waals surface area contributed by atoms with E-state index in [1.54, 1.807) is 7.11 Å². The van der Waals surface area contributed by atoms with Gasteiger partial charge in [-0.3, -0.25) is 9.69 Å². The van der Waals surface area contributed by atoms with Crippen LogP contribution in [0.4, 0.5) is 0 Å². The van der Waals surface area contributed by atoms with E-state index < -0.39 is 0 Å². The first kappa shape index (κ1) is 20.4. The van der Waals surface area contributed by atoms with Crippen LogP contribution in [0, 0.1) is 5.92 Å². The van der Waals surface area contributed by atoms with Crippen LogP contribution < -0.4 is 4.74 Å².